The maximum Gasteiger partial charge on any atom is 0.343 e. The van der Waals surface area contributed by atoms with Crippen LogP contribution in [0.25, 0.3) is 10.9 Å². The molecule has 4 aromatic rings. The number of nitrogens with zero attached hydrogens (tertiary/aromatic N) is 3. The molecule has 0 bridgehead atoms. The summed E-state index contributed by atoms with van der Waals surface area (Å²) in [6.45, 7) is 4.90. The van der Waals surface area contributed by atoms with Gasteiger partial charge >= 0.3 is 12.0 Å². The number of ether oxygens (including phenoxy) is 3. The standard InChI is InChI=1S/C26H28N4O5/c1-3-23-29-21-8-6-5-7-20(21)24(31)30(23)15-16-34-19-11-9-18(10-12-19)17-22(33-4-2)25(32)35-26-27-13-14-28-26/h5-14,22H,3-4,15-17H2,1-2H3,(H,27,28). The first-order chi connectivity index (χ1) is 17.1. The van der Waals surface area contributed by atoms with Crippen LogP contribution < -0.4 is 15.0 Å². The lowest BCUT2D eigenvalue weighted by molar-refractivity contribution is -0.147. The van der Waals surface area contributed by atoms with Crippen LogP contribution in [0.5, 0.6) is 11.8 Å². The minimum Gasteiger partial charge on any atom is -0.492 e. The molecule has 35 heavy (non-hydrogen) atoms. The van der Waals surface area contributed by atoms with E-state index in [0.717, 1.165) is 11.4 Å². The Hall–Kier alpha value is -3.98. The molecule has 0 aliphatic rings. The lowest BCUT2D eigenvalue weighted by atomic mass is 10.1. The van der Waals surface area contributed by atoms with Crippen molar-refractivity contribution in [2.24, 2.45) is 0 Å². The van der Waals surface area contributed by atoms with E-state index < -0.39 is 12.1 Å². The van der Waals surface area contributed by atoms with Crippen molar-refractivity contribution < 1.29 is 19.0 Å². The summed E-state index contributed by atoms with van der Waals surface area (Å²) in [4.78, 5) is 36.6. The molecule has 0 saturated heterocycles. The Morgan fingerprint density at radius 3 is 2.63 bits per heavy atom. The van der Waals surface area contributed by atoms with Gasteiger partial charge in [0.2, 0.25) is 0 Å². The van der Waals surface area contributed by atoms with Gasteiger partial charge in [0, 0.05) is 31.8 Å². The van der Waals surface area contributed by atoms with Crippen LogP contribution in [0.3, 0.4) is 0 Å². The van der Waals surface area contributed by atoms with E-state index in [1.54, 1.807) is 16.8 Å². The molecule has 1 atom stereocenters. The molecule has 2 aromatic carbocycles. The number of aromatic nitrogens is 4. The van der Waals surface area contributed by atoms with Crippen molar-refractivity contribution in [2.45, 2.75) is 39.3 Å². The number of benzene rings is 2. The van der Waals surface area contributed by atoms with Crippen LogP contribution in [0.15, 0.2) is 65.7 Å². The van der Waals surface area contributed by atoms with E-state index in [-0.39, 0.29) is 11.6 Å². The molecule has 9 nitrogen and oxygen atoms in total. The summed E-state index contributed by atoms with van der Waals surface area (Å²) >= 11 is 0. The SMILES string of the molecule is CCOC(Cc1ccc(OCCn2c(CC)nc3ccccc3c2=O)cc1)C(=O)Oc1ncc[nH]1. The number of para-hydroxylation sites is 1. The van der Waals surface area contributed by atoms with Crippen LogP contribution >= 0.6 is 0 Å². The Kier molecular flexibility index (Phi) is 7.89. The van der Waals surface area contributed by atoms with Gasteiger partial charge in [-0.25, -0.2) is 14.8 Å². The number of rotatable bonds is 11. The van der Waals surface area contributed by atoms with Gasteiger partial charge in [-0.15, -0.1) is 0 Å². The van der Waals surface area contributed by atoms with Crippen LogP contribution in [0.4, 0.5) is 0 Å². The minimum atomic E-state index is -0.753. The summed E-state index contributed by atoms with van der Waals surface area (Å²) in [6, 6.07) is 14.9. The van der Waals surface area contributed by atoms with Crippen LogP contribution in [0.1, 0.15) is 25.2 Å². The molecule has 0 amide bonds. The average molecular weight is 477 g/mol. The highest BCUT2D eigenvalue weighted by molar-refractivity contribution is 5.77. The lowest BCUT2D eigenvalue weighted by Gasteiger charge is -2.16. The number of carbonyl (C=O) groups excluding carboxylic acids is 1. The summed E-state index contributed by atoms with van der Waals surface area (Å²) in [5, 5.41) is 0.600. The molecule has 0 radical (unpaired) electrons. The number of imidazole rings is 1. The zero-order valence-corrected chi connectivity index (χ0v) is 19.8. The molecule has 0 aliphatic carbocycles. The number of esters is 1. The summed E-state index contributed by atoms with van der Waals surface area (Å²) in [7, 11) is 0. The van der Waals surface area contributed by atoms with Crippen LogP contribution in [-0.2, 0) is 28.9 Å². The topological polar surface area (TPSA) is 108 Å². The molecule has 1 unspecified atom stereocenters. The quantitative estimate of drug-likeness (QED) is 0.331. The number of aromatic amines is 1. The lowest BCUT2D eigenvalue weighted by Crippen LogP contribution is -2.31. The maximum absolute atomic E-state index is 12.9. The van der Waals surface area contributed by atoms with Gasteiger partial charge in [0.15, 0.2) is 6.10 Å². The highest BCUT2D eigenvalue weighted by atomic mass is 16.6. The average Bonchev–Trinajstić information content (AvgIpc) is 3.39. The van der Waals surface area contributed by atoms with Gasteiger partial charge in [0.25, 0.3) is 5.56 Å². The predicted molar refractivity (Wildman–Crippen MR) is 131 cm³/mol. The Bertz CT molecular complexity index is 1320. The third-order valence-electron chi connectivity index (χ3n) is 5.49. The Morgan fingerprint density at radius 1 is 1.11 bits per heavy atom. The molecule has 0 fully saturated rings. The van der Waals surface area contributed by atoms with Crippen molar-refractivity contribution in [2.75, 3.05) is 13.2 Å². The zero-order chi connectivity index (χ0) is 24.6. The van der Waals surface area contributed by atoms with E-state index in [0.29, 0.717) is 49.3 Å². The number of aryl methyl sites for hydroxylation is 1. The van der Waals surface area contributed by atoms with Gasteiger partial charge in [-0.1, -0.05) is 31.2 Å². The largest absolute Gasteiger partial charge is 0.492 e. The molecular weight excluding hydrogens is 448 g/mol. The van der Waals surface area contributed by atoms with Crippen molar-refractivity contribution in [1.29, 1.82) is 0 Å². The van der Waals surface area contributed by atoms with Crippen molar-refractivity contribution in [3.8, 4) is 11.8 Å². The van der Waals surface area contributed by atoms with Crippen molar-refractivity contribution in [1.82, 2.24) is 19.5 Å². The first-order valence-electron chi connectivity index (χ1n) is 11.6. The van der Waals surface area contributed by atoms with Crippen molar-refractivity contribution in [3.63, 3.8) is 0 Å². The first kappa shape index (κ1) is 24.2. The second kappa shape index (κ2) is 11.4. The van der Waals surface area contributed by atoms with E-state index >= 15 is 0 Å². The molecule has 2 aromatic heterocycles. The molecule has 0 aliphatic heterocycles. The molecule has 0 spiro atoms. The fraction of sp³-hybridized carbons (Fsp3) is 0.308. The van der Waals surface area contributed by atoms with E-state index in [2.05, 4.69) is 15.0 Å². The molecule has 1 N–H and O–H groups in total. The summed E-state index contributed by atoms with van der Waals surface area (Å²) in [6.07, 6.45) is 3.33. The molecule has 2 heterocycles. The number of hydrogen-bond acceptors (Lipinski definition) is 7. The Balaban J connectivity index is 1.37. The Morgan fingerprint density at radius 2 is 1.91 bits per heavy atom. The number of hydrogen-bond donors (Lipinski definition) is 1. The highest BCUT2D eigenvalue weighted by Gasteiger charge is 2.22. The van der Waals surface area contributed by atoms with Crippen LogP contribution in [0, 0.1) is 0 Å². The molecular formula is C26H28N4O5. The number of fused-ring (bicyclic) bond motifs is 1. The highest BCUT2D eigenvalue weighted by Crippen LogP contribution is 2.16. The zero-order valence-electron chi connectivity index (χ0n) is 19.8. The van der Waals surface area contributed by atoms with Gasteiger partial charge < -0.3 is 19.2 Å². The second-order valence-electron chi connectivity index (χ2n) is 7.81. The summed E-state index contributed by atoms with van der Waals surface area (Å²) in [5.41, 5.74) is 1.55. The van der Waals surface area contributed by atoms with Crippen molar-refractivity contribution >= 4 is 16.9 Å². The first-order valence-corrected chi connectivity index (χ1v) is 11.6. The van der Waals surface area contributed by atoms with Gasteiger partial charge in [-0.05, 0) is 36.8 Å². The summed E-state index contributed by atoms with van der Waals surface area (Å²) < 4.78 is 18.4. The Labute approximate surface area is 202 Å². The van der Waals surface area contributed by atoms with E-state index in [1.807, 2.05) is 56.3 Å². The molecule has 0 saturated carbocycles. The molecule has 182 valence electrons. The molecule has 9 heteroatoms. The number of nitrogens with one attached hydrogen (secondary N) is 1. The maximum atomic E-state index is 12.9. The third-order valence-corrected chi connectivity index (χ3v) is 5.49. The van der Waals surface area contributed by atoms with Gasteiger partial charge in [-0.2, -0.15) is 0 Å². The molecule has 4 rings (SSSR count). The predicted octanol–water partition coefficient (Wildman–Crippen LogP) is 3.31. The van der Waals surface area contributed by atoms with Crippen molar-refractivity contribution in [3.05, 3.63) is 82.7 Å². The smallest absolute Gasteiger partial charge is 0.343 e. The number of carbonyl (C=O) groups is 1. The fourth-order valence-corrected chi connectivity index (χ4v) is 3.78. The normalized spacial score (nSPS) is 11.9. The van der Waals surface area contributed by atoms with Gasteiger partial charge in [0.05, 0.1) is 17.4 Å². The number of H-pyrrole nitrogens is 1. The van der Waals surface area contributed by atoms with E-state index in [1.165, 1.54) is 6.20 Å². The monoisotopic (exact) mass is 476 g/mol. The summed E-state index contributed by atoms with van der Waals surface area (Å²) in [5.74, 6) is 0.888. The van der Waals surface area contributed by atoms with Crippen LogP contribution in [-0.4, -0.2) is 44.8 Å². The third kappa shape index (κ3) is 5.93. The van der Waals surface area contributed by atoms with Gasteiger partial charge in [-0.3, -0.25) is 9.36 Å². The fourth-order valence-electron chi connectivity index (χ4n) is 3.78. The minimum absolute atomic E-state index is 0.0604. The van der Waals surface area contributed by atoms with E-state index in [9.17, 15) is 9.59 Å². The van der Waals surface area contributed by atoms with Gasteiger partial charge in [0.1, 0.15) is 18.2 Å². The van der Waals surface area contributed by atoms with E-state index in [4.69, 9.17) is 14.2 Å². The van der Waals surface area contributed by atoms with Crippen LogP contribution in [0.2, 0.25) is 0 Å². The second-order valence-corrected chi connectivity index (χ2v) is 7.81.